The molecule has 0 atom stereocenters. The number of hydrogen-bond acceptors (Lipinski definition) is 9. The van der Waals surface area contributed by atoms with Crippen LogP contribution in [0.15, 0.2) is 53.4 Å². The van der Waals surface area contributed by atoms with Crippen molar-refractivity contribution < 1.29 is 35.9 Å². The molecule has 0 bridgehead atoms. The van der Waals surface area contributed by atoms with Crippen molar-refractivity contribution in [2.24, 2.45) is 11.8 Å². The summed E-state index contributed by atoms with van der Waals surface area (Å²) < 4.78 is 74.0. The van der Waals surface area contributed by atoms with Gasteiger partial charge in [-0.2, -0.15) is 4.98 Å². The number of fused-ring (bicyclic) bond motifs is 1. The molecule has 1 aliphatic carbocycles. The number of sulfonamides is 1. The number of alkyl halides is 3. The van der Waals surface area contributed by atoms with E-state index >= 15 is 0 Å². The highest BCUT2D eigenvalue weighted by atomic mass is 32.2. The maximum atomic E-state index is 12.7. The summed E-state index contributed by atoms with van der Waals surface area (Å²) in [7, 11) is -3.87. The zero-order chi connectivity index (χ0) is 32.7. The number of ether oxygens (including phenoxy) is 2. The van der Waals surface area contributed by atoms with Gasteiger partial charge in [-0.05, 0) is 94.7 Å². The minimum Gasteiger partial charge on any atom is -0.444 e. The van der Waals surface area contributed by atoms with E-state index in [2.05, 4.69) is 35.4 Å². The molecule has 4 rings (SSSR count). The lowest BCUT2D eigenvalue weighted by molar-refractivity contribution is -0.274. The van der Waals surface area contributed by atoms with Crippen molar-refractivity contribution in [1.82, 2.24) is 20.0 Å². The predicted octanol–water partition coefficient (Wildman–Crippen LogP) is 5.66. The van der Waals surface area contributed by atoms with Crippen molar-refractivity contribution in [3.8, 4) is 5.75 Å². The lowest BCUT2D eigenvalue weighted by Gasteiger charge is -2.28. The number of anilines is 2. The molecule has 1 aromatic heterocycles. The van der Waals surface area contributed by atoms with Crippen LogP contribution in [0.25, 0.3) is 10.9 Å². The fraction of sp³-hybridized carbons (Fsp3) is 0.500. The summed E-state index contributed by atoms with van der Waals surface area (Å²) in [6.07, 6.45) is -1.92. The molecule has 1 fully saturated rings. The molecule has 0 unspecified atom stereocenters. The van der Waals surface area contributed by atoms with Crippen LogP contribution in [0.2, 0.25) is 0 Å². The lowest BCUT2D eigenvalue weighted by Crippen LogP contribution is -2.35. The van der Waals surface area contributed by atoms with Crippen molar-refractivity contribution >= 4 is 38.8 Å². The maximum Gasteiger partial charge on any atom is 0.573 e. The Morgan fingerprint density at radius 2 is 1.53 bits per heavy atom. The van der Waals surface area contributed by atoms with Gasteiger partial charge in [-0.1, -0.05) is 12.1 Å². The van der Waals surface area contributed by atoms with Crippen molar-refractivity contribution in [2.45, 2.75) is 63.3 Å². The molecule has 246 valence electrons. The summed E-state index contributed by atoms with van der Waals surface area (Å²) in [5.41, 5.74) is 0.199. The van der Waals surface area contributed by atoms with Crippen LogP contribution in [0, 0.1) is 11.8 Å². The van der Waals surface area contributed by atoms with Gasteiger partial charge in [0.1, 0.15) is 17.2 Å². The highest BCUT2D eigenvalue weighted by Gasteiger charge is 2.31. The third-order valence-electron chi connectivity index (χ3n) is 7.13. The summed E-state index contributed by atoms with van der Waals surface area (Å²) >= 11 is 0. The minimum atomic E-state index is -4.85. The van der Waals surface area contributed by atoms with Gasteiger partial charge in [0.15, 0.2) is 0 Å². The fourth-order valence-electron chi connectivity index (χ4n) is 4.96. The molecule has 4 N–H and O–H groups in total. The van der Waals surface area contributed by atoms with Crippen molar-refractivity contribution in [1.29, 1.82) is 0 Å². The first kappa shape index (κ1) is 34.0. The average molecular weight is 653 g/mol. The van der Waals surface area contributed by atoms with E-state index in [4.69, 9.17) is 4.74 Å². The molecule has 1 amide bonds. The first-order valence-electron chi connectivity index (χ1n) is 14.7. The smallest absolute Gasteiger partial charge is 0.444 e. The van der Waals surface area contributed by atoms with Crippen LogP contribution in [-0.4, -0.2) is 62.6 Å². The van der Waals surface area contributed by atoms with E-state index < -0.39 is 33.8 Å². The van der Waals surface area contributed by atoms with Gasteiger partial charge in [0, 0.05) is 31.6 Å². The van der Waals surface area contributed by atoms with E-state index in [1.807, 2.05) is 24.3 Å². The number of amides is 1. The van der Waals surface area contributed by atoms with Gasteiger partial charge in [0.2, 0.25) is 16.0 Å². The van der Waals surface area contributed by atoms with E-state index in [1.54, 1.807) is 20.8 Å². The molecule has 15 heteroatoms. The molecule has 0 aliphatic heterocycles. The monoisotopic (exact) mass is 652 g/mol. The van der Waals surface area contributed by atoms with Crippen LogP contribution in [0.5, 0.6) is 5.75 Å². The fourth-order valence-corrected chi connectivity index (χ4v) is 6.07. The highest BCUT2D eigenvalue weighted by Crippen LogP contribution is 2.30. The minimum absolute atomic E-state index is 0.126. The Kier molecular flexibility index (Phi) is 11.0. The lowest BCUT2D eigenvalue weighted by atomic mass is 9.82. The molecule has 45 heavy (non-hydrogen) atoms. The summed E-state index contributed by atoms with van der Waals surface area (Å²) in [4.78, 5) is 21.1. The quantitative estimate of drug-likeness (QED) is 0.182. The van der Waals surface area contributed by atoms with E-state index in [0.29, 0.717) is 37.3 Å². The van der Waals surface area contributed by atoms with E-state index in [-0.39, 0.29) is 17.4 Å². The van der Waals surface area contributed by atoms with Gasteiger partial charge in [-0.15, -0.1) is 13.2 Å². The summed E-state index contributed by atoms with van der Waals surface area (Å²) in [5.74, 6) is 1.14. The van der Waals surface area contributed by atoms with Crippen LogP contribution in [0.1, 0.15) is 46.5 Å². The Balaban J connectivity index is 1.24. The molecular weight excluding hydrogens is 613 g/mol. The molecule has 0 saturated heterocycles. The number of hydrogen-bond donors (Lipinski definition) is 4. The van der Waals surface area contributed by atoms with Gasteiger partial charge in [-0.3, -0.25) is 0 Å². The molecular formula is C30H39F3N6O5S. The number of nitrogens with zero attached hydrogens (tertiary/aromatic N) is 2. The second-order valence-electron chi connectivity index (χ2n) is 11.9. The van der Waals surface area contributed by atoms with Crippen LogP contribution < -0.4 is 25.4 Å². The molecule has 3 aromatic rings. The van der Waals surface area contributed by atoms with E-state index in [1.165, 1.54) is 0 Å². The first-order valence-corrected chi connectivity index (χ1v) is 16.2. The normalized spacial score (nSPS) is 17.5. The number of rotatable bonds is 12. The van der Waals surface area contributed by atoms with Crippen LogP contribution >= 0.6 is 0 Å². The number of carbonyl (C=O) groups is 1. The van der Waals surface area contributed by atoms with Crippen molar-refractivity contribution in [3.63, 3.8) is 0 Å². The topological polar surface area (TPSA) is 144 Å². The molecule has 0 spiro atoms. The van der Waals surface area contributed by atoms with Gasteiger partial charge in [0.05, 0.1) is 10.4 Å². The summed E-state index contributed by atoms with van der Waals surface area (Å²) in [5, 5.41) is 10.2. The van der Waals surface area contributed by atoms with Crippen molar-refractivity contribution in [2.75, 3.05) is 36.8 Å². The maximum absolute atomic E-state index is 12.7. The second kappa shape index (κ2) is 14.5. The molecule has 0 radical (unpaired) electrons. The number of nitrogens with one attached hydrogen (secondary N) is 4. The third kappa shape index (κ3) is 10.9. The zero-order valence-corrected chi connectivity index (χ0v) is 26.2. The average Bonchev–Trinajstić information content (AvgIpc) is 2.96. The number of aromatic nitrogens is 2. The summed E-state index contributed by atoms with van der Waals surface area (Å²) in [6, 6.07) is 11.8. The number of halogens is 3. The van der Waals surface area contributed by atoms with Crippen molar-refractivity contribution in [3.05, 3.63) is 48.5 Å². The van der Waals surface area contributed by atoms with Crippen LogP contribution in [-0.2, 0) is 14.8 Å². The number of para-hydroxylation sites is 1. The largest absolute Gasteiger partial charge is 0.573 e. The number of benzene rings is 2. The summed E-state index contributed by atoms with van der Waals surface area (Å²) in [6.45, 7) is 7.09. The Morgan fingerprint density at radius 1 is 0.889 bits per heavy atom. The van der Waals surface area contributed by atoms with E-state index in [9.17, 15) is 26.4 Å². The third-order valence-corrected chi connectivity index (χ3v) is 8.57. The Hall–Kier alpha value is -3.85. The highest BCUT2D eigenvalue weighted by molar-refractivity contribution is 7.89. The van der Waals surface area contributed by atoms with Gasteiger partial charge in [0.25, 0.3) is 0 Å². The second-order valence-corrected chi connectivity index (χ2v) is 13.7. The number of carbonyl (C=O) groups excluding carboxylic acids is 1. The van der Waals surface area contributed by atoms with Gasteiger partial charge in [-0.25, -0.2) is 22.9 Å². The number of alkyl carbamates (subject to hydrolysis) is 1. The standard InChI is InChI=1S/C30H39F3N6O5S/c1-29(2,3)44-28(40)35-17-16-34-26-24-6-4-5-7-25(24)38-27(39-26)36-18-20-8-10-21(11-9-20)19-37-45(41,42)23-14-12-22(13-15-23)43-30(31,32)33/h4-7,12-15,20-21,37H,8-11,16-19H2,1-3H3,(H,35,40)(H2,34,36,38,39)/t20-,21-. The SMILES string of the molecule is CC(C)(C)OC(=O)NCCNc1nc(NC[C@H]2CC[C@H](CNS(=O)(=O)c3ccc(OC(F)(F)F)cc3)CC2)nc2ccccc12. The first-order chi connectivity index (χ1) is 21.2. The predicted molar refractivity (Wildman–Crippen MR) is 165 cm³/mol. The Bertz CT molecular complexity index is 1540. The van der Waals surface area contributed by atoms with Gasteiger partial charge < -0.3 is 25.4 Å². The molecule has 1 heterocycles. The van der Waals surface area contributed by atoms with Crippen LogP contribution in [0.4, 0.5) is 29.7 Å². The van der Waals surface area contributed by atoms with E-state index in [0.717, 1.165) is 60.9 Å². The molecule has 11 nitrogen and oxygen atoms in total. The molecule has 1 aliphatic rings. The van der Waals surface area contributed by atoms with Gasteiger partial charge >= 0.3 is 12.5 Å². The molecule has 2 aromatic carbocycles. The Morgan fingerprint density at radius 3 is 2.18 bits per heavy atom. The van der Waals surface area contributed by atoms with Crippen LogP contribution in [0.3, 0.4) is 0 Å². The zero-order valence-electron chi connectivity index (χ0n) is 25.4. The Labute approximate surface area is 260 Å². The molecule has 1 saturated carbocycles.